The van der Waals surface area contributed by atoms with Crippen molar-refractivity contribution in [2.24, 2.45) is 40.4 Å². The number of hydrogen-bond acceptors (Lipinski definition) is 15. The van der Waals surface area contributed by atoms with E-state index in [0.29, 0.717) is 12.8 Å². The highest BCUT2D eigenvalue weighted by Gasteiger charge is 2.72. The molecule has 272 valence electrons. The van der Waals surface area contributed by atoms with E-state index in [0.717, 1.165) is 12.8 Å². The number of hydrogen-bond donors (Lipinski definition) is 0. The summed E-state index contributed by atoms with van der Waals surface area (Å²) in [6, 6.07) is 0. The van der Waals surface area contributed by atoms with E-state index in [-0.39, 0.29) is 54.9 Å². The summed E-state index contributed by atoms with van der Waals surface area (Å²) in [6.07, 6.45) is -0.815. The second-order valence-electron chi connectivity index (χ2n) is 14.8. The Hall–Kier alpha value is -3.75. The molecule has 2 saturated carbocycles. The molecule has 0 aromatic carbocycles. The number of carbonyl (C=O) groups is 7. The van der Waals surface area contributed by atoms with Crippen LogP contribution in [0.15, 0.2) is 0 Å². The first-order valence-electron chi connectivity index (χ1n) is 16.9. The fraction of sp³-hybridized carbons (Fsp3) is 0.794. The topological polar surface area (TPSA) is 193 Å². The largest absolute Gasteiger partial charge is 0.469 e. The van der Waals surface area contributed by atoms with Crippen LogP contribution in [0.25, 0.3) is 0 Å². The van der Waals surface area contributed by atoms with Gasteiger partial charge in [-0.1, -0.05) is 13.8 Å². The molecular formula is C34H46O15. The van der Waals surface area contributed by atoms with Crippen LogP contribution in [0.1, 0.15) is 73.6 Å². The number of esters is 7. The van der Waals surface area contributed by atoms with Crippen molar-refractivity contribution in [3.8, 4) is 0 Å². The lowest BCUT2D eigenvalue weighted by atomic mass is 9.78. The third-order valence-corrected chi connectivity index (χ3v) is 11.1. The lowest BCUT2D eigenvalue weighted by molar-refractivity contribution is -0.173. The van der Waals surface area contributed by atoms with E-state index in [1.54, 1.807) is 13.8 Å². The molecule has 4 aliphatic heterocycles. The van der Waals surface area contributed by atoms with Crippen LogP contribution in [-0.2, 0) is 71.5 Å². The summed E-state index contributed by atoms with van der Waals surface area (Å²) in [5.41, 5.74) is -1.25. The molecule has 0 aromatic rings. The molecule has 2 aliphatic carbocycles. The van der Waals surface area contributed by atoms with Crippen molar-refractivity contribution in [3.05, 3.63) is 0 Å². The van der Waals surface area contributed by atoms with Gasteiger partial charge in [0.15, 0.2) is 18.8 Å². The molecule has 0 amide bonds. The smallest absolute Gasteiger partial charge is 0.344 e. The maximum Gasteiger partial charge on any atom is 0.344 e. The van der Waals surface area contributed by atoms with E-state index in [1.807, 2.05) is 27.7 Å². The Bertz CT molecular complexity index is 1370. The first-order valence-corrected chi connectivity index (χ1v) is 16.9. The number of rotatable bonds is 12. The summed E-state index contributed by atoms with van der Waals surface area (Å²) in [6.45, 7) is 10.3. The van der Waals surface area contributed by atoms with E-state index >= 15 is 0 Å². The van der Waals surface area contributed by atoms with Gasteiger partial charge in [0.2, 0.25) is 0 Å². The molecule has 0 aromatic heterocycles. The summed E-state index contributed by atoms with van der Waals surface area (Å²) in [7, 11) is 1.21. The van der Waals surface area contributed by atoms with Crippen LogP contribution in [-0.4, -0.2) is 98.7 Å². The van der Waals surface area contributed by atoms with E-state index < -0.39 is 83.5 Å². The van der Waals surface area contributed by atoms with Crippen LogP contribution in [0.5, 0.6) is 0 Å². The van der Waals surface area contributed by atoms with Gasteiger partial charge in [-0.05, 0) is 53.4 Å². The molecule has 0 spiro atoms. The molecule has 15 heteroatoms. The fourth-order valence-electron chi connectivity index (χ4n) is 7.37. The zero-order valence-electron chi connectivity index (χ0n) is 28.9. The van der Waals surface area contributed by atoms with Gasteiger partial charge in [-0.3, -0.25) is 28.8 Å². The predicted molar refractivity (Wildman–Crippen MR) is 162 cm³/mol. The number of carbonyl (C=O) groups excluding carboxylic acids is 7. The third kappa shape index (κ3) is 6.87. The molecule has 49 heavy (non-hydrogen) atoms. The molecular weight excluding hydrogens is 648 g/mol. The summed E-state index contributed by atoms with van der Waals surface area (Å²) in [4.78, 5) is 83.5. The van der Waals surface area contributed by atoms with Gasteiger partial charge in [0.1, 0.15) is 42.9 Å². The Kier molecular flexibility index (Phi) is 10.3. The minimum Gasteiger partial charge on any atom is -0.469 e. The first kappa shape index (κ1) is 36.5. The Morgan fingerprint density at radius 1 is 0.755 bits per heavy atom. The van der Waals surface area contributed by atoms with Gasteiger partial charge in [-0.15, -0.1) is 0 Å². The molecule has 0 N–H and O–H groups in total. The van der Waals surface area contributed by atoms with Crippen molar-refractivity contribution >= 4 is 41.8 Å². The summed E-state index contributed by atoms with van der Waals surface area (Å²) >= 11 is 0. The lowest BCUT2D eigenvalue weighted by Gasteiger charge is -2.27. The Morgan fingerprint density at radius 3 is 2.00 bits per heavy atom. The zero-order chi connectivity index (χ0) is 36.0. The highest BCUT2D eigenvalue weighted by atomic mass is 16.7. The quantitative estimate of drug-likeness (QED) is 0.212. The van der Waals surface area contributed by atoms with Gasteiger partial charge in [0.05, 0.1) is 30.3 Å². The van der Waals surface area contributed by atoms with Crippen LogP contribution in [0.2, 0.25) is 0 Å². The maximum atomic E-state index is 12.1. The molecule has 11 unspecified atom stereocenters. The third-order valence-electron chi connectivity index (χ3n) is 11.1. The van der Waals surface area contributed by atoms with Crippen LogP contribution < -0.4 is 0 Å². The number of methoxy groups -OCH3 is 1. The van der Waals surface area contributed by atoms with Crippen LogP contribution >= 0.6 is 0 Å². The van der Waals surface area contributed by atoms with E-state index in [2.05, 4.69) is 0 Å². The minimum absolute atomic E-state index is 0.0113. The SMILES string of the molecule is CCC(C)(C)C(=O)OCC(=O)OC1C2OC(=O)C3C2OC1C3C(=O)OC.CCC(C)(C)C(=O)OCCC(=O)OC1C2CC3C(=O)OC1C3C2. The number of ether oxygens (including phenoxy) is 8. The van der Waals surface area contributed by atoms with E-state index in [9.17, 15) is 33.6 Å². The molecule has 6 rings (SSSR count). The van der Waals surface area contributed by atoms with Crippen LogP contribution in [0.4, 0.5) is 0 Å². The molecule has 4 bridgehead atoms. The van der Waals surface area contributed by atoms with E-state index in [4.69, 9.17) is 37.9 Å². The predicted octanol–water partition coefficient (Wildman–Crippen LogP) is 1.84. The van der Waals surface area contributed by atoms with Crippen molar-refractivity contribution in [1.29, 1.82) is 0 Å². The normalized spacial score (nSPS) is 34.4. The van der Waals surface area contributed by atoms with Gasteiger partial charge in [-0.2, -0.15) is 0 Å². The molecule has 6 aliphatic rings. The number of fused-ring (bicyclic) bond motifs is 2. The molecule has 15 nitrogen and oxygen atoms in total. The monoisotopic (exact) mass is 694 g/mol. The molecule has 0 radical (unpaired) electrons. The molecule has 4 heterocycles. The van der Waals surface area contributed by atoms with Gasteiger partial charge >= 0.3 is 41.8 Å². The average molecular weight is 695 g/mol. The molecule has 6 fully saturated rings. The average Bonchev–Trinajstić information content (AvgIpc) is 3.88. The Balaban J connectivity index is 0.000000192. The standard InChI is InChI=1S/C17H22O9.C17H24O6/c1-5-17(2,3)16(21)23-6-7(18)24-12-10-8(14(19)22-4)9-11(25-10)13(12)26-15(9)20;1-4-17(2,3)16(20)21-6-5-12(18)22-13-9-7-10-11(8-9)15(19)23-14(10)13/h8-13H,5-6H2,1-4H3;9-11,13-14H,4-8H2,1-3H3. The van der Waals surface area contributed by atoms with Gasteiger partial charge in [0.25, 0.3) is 0 Å². The first-order chi connectivity index (χ1) is 23.0. The molecule has 4 saturated heterocycles. The summed E-state index contributed by atoms with van der Waals surface area (Å²) in [5.74, 6) is -4.50. The highest BCUT2D eigenvalue weighted by Crippen LogP contribution is 2.55. The maximum absolute atomic E-state index is 12.1. The van der Waals surface area contributed by atoms with Gasteiger partial charge in [-0.25, -0.2) is 4.79 Å². The van der Waals surface area contributed by atoms with E-state index in [1.165, 1.54) is 7.11 Å². The Morgan fingerprint density at radius 2 is 1.37 bits per heavy atom. The van der Waals surface area contributed by atoms with Crippen LogP contribution in [0, 0.1) is 40.4 Å². The highest BCUT2D eigenvalue weighted by molar-refractivity contribution is 5.87. The summed E-state index contributed by atoms with van der Waals surface area (Å²) < 4.78 is 41.9. The lowest BCUT2D eigenvalue weighted by Crippen LogP contribution is -2.48. The second-order valence-corrected chi connectivity index (χ2v) is 14.8. The van der Waals surface area contributed by atoms with Crippen molar-refractivity contribution < 1.29 is 71.5 Å². The second kappa shape index (κ2) is 13.9. The van der Waals surface area contributed by atoms with Gasteiger partial charge in [0, 0.05) is 11.8 Å². The van der Waals surface area contributed by atoms with Gasteiger partial charge < -0.3 is 37.9 Å². The van der Waals surface area contributed by atoms with Crippen molar-refractivity contribution in [2.75, 3.05) is 20.3 Å². The zero-order valence-corrected chi connectivity index (χ0v) is 28.9. The Labute approximate surface area is 284 Å². The van der Waals surface area contributed by atoms with Crippen molar-refractivity contribution in [2.45, 2.75) is 110 Å². The van der Waals surface area contributed by atoms with Crippen molar-refractivity contribution in [1.82, 2.24) is 0 Å². The van der Waals surface area contributed by atoms with Crippen LogP contribution in [0.3, 0.4) is 0 Å². The van der Waals surface area contributed by atoms with Crippen molar-refractivity contribution in [3.63, 3.8) is 0 Å². The minimum atomic E-state index is -0.933. The fourth-order valence-corrected chi connectivity index (χ4v) is 7.37. The summed E-state index contributed by atoms with van der Waals surface area (Å²) in [5, 5.41) is 0. The molecule has 11 atom stereocenters.